The Morgan fingerprint density at radius 2 is 2.16 bits per heavy atom. The minimum Gasteiger partial charge on any atom is -0.388 e. The summed E-state index contributed by atoms with van der Waals surface area (Å²) in [5, 5.41) is 24.2. The fraction of sp³-hybridized carbons (Fsp3) is 0.571. The molecule has 2 rings (SSSR count). The Kier molecular flexibility index (Phi) is 4.04. The predicted molar refractivity (Wildman–Crippen MR) is 74.2 cm³/mol. The van der Waals surface area contributed by atoms with Crippen LogP contribution in [-0.2, 0) is 0 Å². The molecular weight excluding hydrogens is 244 g/mol. The highest BCUT2D eigenvalue weighted by atomic mass is 16.6. The van der Waals surface area contributed by atoms with Crippen LogP contribution in [0, 0.1) is 16.0 Å². The lowest BCUT2D eigenvalue weighted by atomic mass is 9.79. The van der Waals surface area contributed by atoms with Gasteiger partial charge in [0.1, 0.15) is 0 Å². The van der Waals surface area contributed by atoms with Crippen LogP contribution in [0.3, 0.4) is 0 Å². The summed E-state index contributed by atoms with van der Waals surface area (Å²) < 4.78 is 0. The van der Waals surface area contributed by atoms with Crippen molar-refractivity contribution in [3.05, 3.63) is 34.4 Å². The quantitative estimate of drug-likeness (QED) is 0.647. The summed E-state index contributed by atoms with van der Waals surface area (Å²) in [4.78, 5) is 10.1. The first-order chi connectivity index (χ1) is 8.98. The molecule has 5 heteroatoms. The zero-order valence-corrected chi connectivity index (χ0v) is 11.1. The number of hydrogen-bond acceptors (Lipinski definition) is 4. The van der Waals surface area contributed by atoms with Crippen LogP contribution >= 0.6 is 0 Å². The van der Waals surface area contributed by atoms with Crippen LogP contribution in [0.25, 0.3) is 0 Å². The minimum atomic E-state index is -0.653. The normalized spacial score (nSPS) is 26.9. The molecule has 2 unspecified atom stereocenters. The van der Waals surface area contributed by atoms with Crippen molar-refractivity contribution >= 4 is 11.4 Å². The largest absolute Gasteiger partial charge is 0.388 e. The van der Waals surface area contributed by atoms with Gasteiger partial charge in [0.2, 0.25) is 0 Å². The predicted octanol–water partition coefficient (Wildman–Crippen LogP) is 2.95. The average Bonchev–Trinajstić information content (AvgIpc) is 2.37. The molecule has 0 bridgehead atoms. The van der Waals surface area contributed by atoms with Gasteiger partial charge in [-0.25, -0.2) is 0 Å². The van der Waals surface area contributed by atoms with Crippen molar-refractivity contribution in [1.82, 2.24) is 0 Å². The highest BCUT2D eigenvalue weighted by Crippen LogP contribution is 2.32. The van der Waals surface area contributed by atoms with Gasteiger partial charge in [-0.2, -0.15) is 0 Å². The molecule has 0 aromatic heterocycles. The number of benzene rings is 1. The van der Waals surface area contributed by atoms with E-state index >= 15 is 0 Å². The molecule has 1 fully saturated rings. The van der Waals surface area contributed by atoms with Crippen LogP contribution in [0.2, 0.25) is 0 Å². The summed E-state index contributed by atoms with van der Waals surface area (Å²) in [6.07, 6.45) is 3.86. The number of nitro groups is 1. The third kappa shape index (κ3) is 3.67. The van der Waals surface area contributed by atoms with Gasteiger partial charge < -0.3 is 10.4 Å². The maximum absolute atomic E-state index is 10.5. The molecule has 2 atom stereocenters. The summed E-state index contributed by atoms with van der Waals surface area (Å²) in [6, 6.07) is 6.28. The van der Waals surface area contributed by atoms with E-state index < -0.39 is 10.5 Å². The van der Waals surface area contributed by atoms with Crippen molar-refractivity contribution in [3.63, 3.8) is 0 Å². The molecule has 0 saturated heterocycles. The van der Waals surface area contributed by atoms with E-state index in [1.54, 1.807) is 12.1 Å². The number of rotatable bonds is 4. The van der Waals surface area contributed by atoms with Crippen LogP contribution in [0.4, 0.5) is 11.4 Å². The second-order valence-corrected chi connectivity index (χ2v) is 5.58. The molecule has 0 amide bonds. The Morgan fingerprint density at radius 3 is 2.74 bits per heavy atom. The standard InChI is InChI=1S/C14H20N2O3/c1-11-3-2-8-14(17,9-11)10-15-12-4-6-13(7-5-12)16(18)19/h4-7,11,15,17H,2-3,8-10H2,1H3. The molecule has 1 aromatic carbocycles. The van der Waals surface area contributed by atoms with Crippen molar-refractivity contribution in [2.75, 3.05) is 11.9 Å². The number of nitrogens with one attached hydrogen (secondary N) is 1. The van der Waals surface area contributed by atoms with E-state index in [4.69, 9.17) is 0 Å². The van der Waals surface area contributed by atoms with Crippen LogP contribution in [0.15, 0.2) is 24.3 Å². The second kappa shape index (κ2) is 5.57. The zero-order chi connectivity index (χ0) is 13.9. The molecule has 1 aliphatic rings. The molecule has 1 aromatic rings. The van der Waals surface area contributed by atoms with E-state index in [0.29, 0.717) is 12.5 Å². The lowest BCUT2D eigenvalue weighted by Crippen LogP contribution is -2.41. The molecular formula is C14H20N2O3. The van der Waals surface area contributed by atoms with E-state index in [2.05, 4.69) is 12.2 Å². The molecule has 1 saturated carbocycles. The van der Waals surface area contributed by atoms with Gasteiger partial charge in [-0.3, -0.25) is 10.1 Å². The number of anilines is 1. The molecule has 0 spiro atoms. The maximum Gasteiger partial charge on any atom is 0.269 e. The number of nitro benzene ring substituents is 1. The van der Waals surface area contributed by atoms with E-state index in [1.165, 1.54) is 18.6 Å². The third-order valence-electron chi connectivity index (χ3n) is 3.77. The SMILES string of the molecule is CC1CCCC(O)(CNc2ccc([N+](=O)[O-])cc2)C1. The Labute approximate surface area is 112 Å². The van der Waals surface area contributed by atoms with Crippen LogP contribution in [0.5, 0.6) is 0 Å². The van der Waals surface area contributed by atoms with Crippen molar-refractivity contribution in [1.29, 1.82) is 0 Å². The molecule has 2 N–H and O–H groups in total. The summed E-state index contributed by atoms with van der Waals surface area (Å²) in [7, 11) is 0. The first kappa shape index (κ1) is 13.8. The van der Waals surface area contributed by atoms with Crippen LogP contribution in [0.1, 0.15) is 32.6 Å². The topological polar surface area (TPSA) is 75.4 Å². The molecule has 0 radical (unpaired) electrons. The number of non-ortho nitro benzene ring substituents is 1. The lowest BCUT2D eigenvalue weighted by Gasteiger charge is -2.35. The van der Waals surface area contributed by atoms with Crippen molar-refractivity contribution in [3.8, 4) is 0 Å². The van der Waals surface area contributed by atoms with Gasteiger partial charge in [-0.15, -0.1) is 0 Å². The van der Waals surface area contributed by atoms with E-state index in [1.807, 2.05) is 0 Å². The van der Waals surface area contributed by atoms with E-state index in [9.17, 15) is 15.2 Å². The third-order valence-corrected chi connectivity index (χ3v) is 3.77. The minimum absolute atomic E-state index is 0.0792. The number of hydrogen-bond donors (Lipinski definition) is 2. The van der Waals surface area contributed by atoms with Crippen molar-refractivity contribution < 1.29 is 10.0 Å². The van der Waals surface area contributed by atoms with Crippen molar-refractivity contribution in [2.24, 2.45) is 5.92 Å². The summed E-state index contributed by atoms with van der Waals surface area (Å²) >= 11 is 0. The fourth-order valence-corrected chi connectivity index (χ4v) is 2.76. The number of aliphatic hydroxyl groups is 1. The van der Waals surface area contributed by atoms with E-state index in [0.717, 1.165) is 24.9 Å². The van der Waals surface area contributed by atoms with Gasteiger partial charge in [-0.05, 0) is 30.9 Å². The van der Waals surface area contributed by atoms with Crippen LogP contribution < -0.4 is 5.32 Å². The summed E-state index contributed by atoms with van der Waals surface area (Å²) in [6.45, 7) is 2.66. The second-order valence-electron chi connectivity index (χ2n) is 5.58. The van der Waals surface area contributed by atoms with Crippen molar-refractivity contribution in [2.45, 2.75) is 38.2 Å². The van der Waals surface area contributed by atoms with Gasteiger partial charge >= 0.3 is 0 Å². The highest BCUT2D eigenvalue weighted by Gasteiger charge is 2.32. The fourth-order valence-electron chi connectivity index (χ4n) is 2.76. The highest BCUT2D eigenvalue weighted by molar-refractivity contribution is 5.48. The Bertz CT molecular complexity index is 447. The number of nitrogens with zero attached hydrogens (tertiary/aromatic N) is 1. The molecule has 5 nitrogen and oxygen atoms in total. The molecule has 0 heterocycles. The van der Waals surface area contributed by atoms with Gasteiger partial charge in [0.15, 0.2) is 0 Å². The Hall–Kier alpha value is -1.62. The first-order valence-electron chi connectivity index (χ1n) is 6.69. The zero-order valence-electron chi connectivity index (χ0n) is 11.1. The smallest absolute Gasteiger partial charge is 0.269 e. The average molecular weight is 264 g/mol. The van der Waals surface area contributed by atoms with Gasteiger partial charge in [0.05, 0.1) is 10.5 Å². The Balaban J connectivity index is 1.92. The molecule has 1 aliphatic carbocycles. The molecule has 19 heavy (non-hydrogen) atoms. The van der Waals surface area contributed by atoms with Gasteiger partial charge in [0, 0.05) is 24.4 Å². The summed E-state index contributed by atoms with van der Waals surface area (Å²) in [5.41, 5.74) is 0.229. The van der Waals surface area contributed by atoms with Gasteiger partial charge in [-0.1, -0.05) is 19.8 Å². The molecule has 0 aliphatic heterocycles. The lowest BCUT2D eigenvalue weighted by molar-refractivity contribution is -0.384. The monoisotopic (exact) mass is 264 g/mol. The van der Waals surface area contributed by atoms with Crippen LogP contribution in [-0.4, -0.2) is 22.2 Å². The first-order valence-corrected chi connectivity index (χ1v) is 6.69. The maximum atomic E-state index is 10.5. The van der Waals surface area contributed by atoms with Gasteiger partial charge in [0.25, 0.3) is 5.69 Å². The summed E-state index contributed by atoms with van der Waals surface area (Å²) in [5.74, 6) is 0.553. The Morgan fingerprint density at radius 1 is 1.47 bits per heavy atom. The van der Waals surface area contributed by atoms with E-state index in [-0.39, 0.29) is 5.69 Å². The molecule has 104 valence electrons.